The summed E-state index contributed by atoms with van der Waals surface area (Å²) in [6.07, 6.45) is 3.86. The van der Waals surface area contributed by atoms with E-state index in [9.17, 15) is 0 Å². The van der Waals surface area contributed by atoms with E-state index in [2.05, 4.69) is 27.9 Å². The summed E-state index contributed by atoms with van der Waals surface area (Å²) in [6.45, 7) is 1.93. The van der Waals surface area contributed by atoms with Gasteiger partial charge in [0, 0.05) is 6.54 Å². The van der Waals surface area contributed by atoms with E-state index in [0.717, 1.165) is 13.1 Å². The Morgan fingerprint density at radius 3 is 2.56 bits per heavy atom. The van der Waals surface area contributed by atoms with Crippen LogP contribution in [-0.4, -0.2) is 11.0 Å². The monoisotopic (exact) mass is 371 g/mol. The van der Waals surface area contributed by atoms with Crippen LogP contribution in [-0.2, 0) is 6.54 Å². The van der Waals surface area contributed by atoms with Gasteiger partial charge in [0.25, 0.3) is 0 Å². The molecule has 0 fully saturated rings. The number of nitrogens with one attached hydrogen (secondary N) is 1. The second-order valence-corrected chi connectivity index (χ2v) is 5.57. The summed E-state index contributed by atoms with van der Waals surface area (Å²) in [4.78, 5) is 0. The van der Waals surface area contributed by atoms with Crippen LogP contribution >= 0.6 is 45.8 Å². The Labute approximate surface area is 121 Å². The Kier molecular flexibility index (Phi) is 7.79. The number of unbranched alkanes of at least 4 members (excludes halogenated alkanes) is 2. The number of benzene rings is 1. The molecule has 1 N–H and O–H groups in total. The second kappa shape index (κ2) is 8.56. The lowest BCUT2D eigenvalue weighted by Gasteiger charge is -2.05. The largest absolute Gasteiger partial charge is 0.313 e. The minimum Gasteiger partial charge on any atom is -0.313 e. The molecule has 1 aromatic rings. The average molecular weight is 372 g/mol. The minimum absolute atomic E-state index is 0.618. The lowest BCUT2D eigenvalue weighted by molar-refractivity contribution is 0.620. The third-order valence-electron chi connectivity index (χ3n) is 2.30. The van der Waals surface area contributed by atoms with Crippen molar-refractivity contribution in [3.63, 3.8) is 0 Å². The Hall–Kier alpha value is 0.490. The molecule has 4 heteroatoms. The summed E-state index contributed by atoms with van der Waals surface area (Å²) < 4.78 is 1.25. The number of alkyl halides is 1. The highest BCUT2D eigenvalue weighted by Crippen LogP contribution is 2.22. The number of hydrogen-bond donors (Lipinski definition) is 1. The molecule has 0 saturated heterocycles. The van der Waals surface area contributed by atoms with Gasteiger partial charge in [-0.15, -0.1) is 0 Å². The van der Waals surface area contributed by atoms with Crippen molar-refractivity contribution in [2.45, 2.75) is 25.8 Å². The minimum atomic E-state index is 0.618. The van der Waals surface area contributed by atoms with Gasteiger partial charge >= 0.3 is 0 Å². The molecule has 1 nitrogen and oxygen atoms in total. The first-order valence-electron chi connectivity index (χ1n) is 5.44. The Morgan fingerprint density at radius 2 is 1.88 bits per heavy atom. The van der Waals surface area contributed by atoms with Crippen LogP contribution in [0.5, 0.6) is 0 Å². The predicted octanol–water partition coefficient (Wildman–Crippen LogP) is 4.69. The summed E-state index contributed by atoms with van der Waals surface area (Å²) in [6, 6.07) is 5.77. The molecule has 1 rings (SSSR count). The van der Waals surface area contributed by atoms with Gasteiger partial charge in [-0.05, 0) is 41.5 Å². The molecule has 0 radical (unpaired) electrons. The number of hydrogen-bond acceptors (Lipinski definition) is 1. The summed E-state index contributed by atoms with van der Waals surface area (Å²) in [5, 5.41) is 4.65. The van der Waals surface area contributed by atoms with E-state index in [1.165, 1.54) is 29.3 Å². The molecular formula is C12H16Cl2IN. The summed E-state index contributed by atoms with van der Waals surface area (Å²) in [5.41, 5.74) is 1.18. The van der Waals surface area contributed by atoms with Crippen molar-refractivity contribution in [2.24, 2.45) is 0 Å². The number of rotatable bonds is 7. The molecule has 0 heterocycles. The van der Waals surface area contributed by atoms with E-state index < -0.39 is 0 Å². The lowest BCUT2D eigenvalue weighted by atomic mass is 10.2. The third kappa shape index (κ3) is 5.71. The molecular weight excluding hydrogens is 356 g/mol. The first-order valence-corrected chi connectivity index (χ1v) is 7.73. The van der Waals surface area contributed by atoms with Crippen LogP contribution in [0.25, 0.3) is 0 Å². The zero-order valence-corrected chi connectivity index (χ0v) is 12.8. The van der Waals surface area contributed by atoms with Gasteiger partial charge in [-0.1, -0.05) is 58.3 Å². The quantitative estimate of drug-likeness (QED) is 0.416. The number of halogens is 3. The molecule has 0 amide bonds. The summed E-state index contributed by atoms with van der Waals surface area (Å²) in [5.74, 6) is 0. The van der Waals surface area contributed by atoms with Crippen molar-refractivity contribution >= 4 is 45.8 Å². The fourth-order valence-electron chi connectivity index (χ4n) is 1.40. The lowest BCUT2D eigenvalue weighted by Crippen LogP contribution is -2.14. The third-order valence-corrected chi connectivity index (χ3v) is 3.80. The van der Waals surface area contributed by atoms with Gasteiger partial charge in [-0.25, -0.2) is 0 Å². The van der Waals surface area contributed by atoms with Crippen molar-refractivity contribution < 1.29 is 0 Å². The van der Waals surface area contributed by atoms with E-state index in [4.69, 9.17) is 23.2 Å². The Bertz CT molecular complexity index is 318. The van der Waals surface area contributed by atoms with Crippen molar-refractivity contribution in [3.8, 4) is 0 Å². The Morgan fingerprint density at radius 1 is 1.06 bits per heavy atom. The van der Waals surface area contributed by atoms with Crippen LogP contribution < -0.4 is 5.32 Å². The molecule has 0 atom stereocenters. The maximum atomic E-state index is 5.93. The first kappa shape index (κ1) is 14.6. The smallest absolute Gasteiger partial charge is 0.0595 e. The van der Waals surface area contributed by atoms with Crippen LogP contribution in [0.2, 0.25) is 10.0 Å². The van der Waals surface area contributed by atoms with Gasteiger partial charge in [0.15, 0.2) is 0 Å². The Balaban J connectivity index is 2.19. The van der Waals surface area contributed by atoms with Crippen molar-refractivity contribution in [3.05, 3.63) is 33.8 Å². The molecule has 0 aromatic heterocycles. The molecule has 90 valence electrons. The van der Waals surface area contributed by atoms with E-state index >= 15 is 0 Å². The van der Waals surface area contributed by atoms with E-state index in [-0.39, 0.29) is 0 Å². The SMILES string of the molecule is Clc1ccc(CNCCCCCI)cc1Cl. The summed E-state index contributed by atoms with van der Waals surface area (Å²) in [7, 11) is 0. The first-order chi connectivity index (χ1) is 7.74. The zero-order chi connectivity index (χ0) is 11.8. The molecule has 0 aliphatic heterocycles. The molecule has 0 unspecified atom stereocenters. The molecule has 0 saturated carbocycles. The van der Waals surface area contributed by atoms with Gasteiger partial charge in [0.2, 0.25) is 0 Å². The molecule has 16 heavy (non-hydrogen) atoms. The molecule has 1 aromatic carbocycles. The van der Waals surface area contributed by atoms with Gasteiger partial charge in [0.1, 0.15) is 0 Å². The maximum Gasteiger partial charge on any atom is 0.0595 e. The van der Waals surface area contributed by atoms with Crippen LogP contribution in [0, 0.1) is 0 Å². The van der Waals surface area contributed by atoms with Crippen LogP contribution in [0.1, 0.15) is 24.8 Å². The van der Waals surface area contributed by atoms with E-state index in [1.54, 1.807) is 0 Å². The van der Waals surface area contributed by atoms with Gasteiger partial charge in [0.05, 0.1) is 10.0 Å². The van der Waals surface area contributed by atoms with Gasteiger partial charge in [-0.2, -0.15) is 0 Å². The van der Waals surface area contributed by atoms with E-state index in [0.29, 0.717) is 10.0 Å². The van der Waals surface area contributed by atoms with Crippen molar-refractivity contribution in [1.29, 1.82) is 0 Å². The fraction of sp³-hybridized carbons (Fsp3) is 0.500. The highest BCUT2D eigenvalue weighted by Gasteiger charge is 1.98. The van der Waals surface area contributed by atoms with Crippen molar-refractivity contribution in [1.82, 2.24) is 5.32 Å². The van der Waals surface area contributed by atoms with Crippen molar-refractivity contribution in [2.75, 3.05) is 11.0 Å². The topological polar surface area (TPSA) is 12.0 Å². The van der Waals surface area contributed by atoms with E-state index in [1.807, 2.05) is 18.2 Å². The zero-order valence-electron chi connectivity index (χ0n) is 9.11. The standard InChI is InChI=1S/C12H16Cl2IN/c13-11-5-4-10(8-12(11)14)9-16-7-3-1-2-6-15/h4-5,8,16H,1-3,6-7,9H2. The van der Waals surface area contributed by atoms with Gasteiger partial charge in [-0.3, -0.25) is 0 Å². The molecule has 0 spiro atoms. The van der Waals surface area contributed by atoms with Crippen LogP contribution in [0.15, 0.2) is 18.2 Å². The fourth-order valence-corrected chi connectivity index (χ4v) is 2.26. The van der Waals surface area contributed by atoms with Crippen LogP contribution in [0.4, 0.5) is 0 Å². The molecule has 0 aliphatic rings. The highest BCUT2D eigenvalue weighted by molar-refractivity contribution is 14.1. The average Bonchev–Trinajstić information content (AvgIpc) is 2.28. The summed E-state index contributed by atoms with van der Waals surface area (Å²) >= 11 is 14.2. The second-order valence-electron chi connectivity index (χ2n) is 3.67. The molecule has 0 bridgehead atoms. The molecule has 0 aliphatic carbocycles. The van der Waals surface area contributed by atoms with Crippen LogP contribution in [0.3, 0.4) is 0 Å². The highest BCUT2D eigenvalue weighted by atomic mass is 127. The normalized spacial score (nSPS) is 10.7. The van der Waals surface area contributed by atoms with Gasteiger partial charge < -0.3 is 5.32 Å². The maximum absolute atomic E-state index is 5.93. The predicted molar refractivity (Wildman–Crippen MR) is 80.9 cm³/mol.